The van der Waals surface area contributed by atoms with Crippen LogP contribution in [0.3, 0.4) is 0 Å². The predicted octanol–water partition coefficient (Wildman–Crippen LogP) is 3.38. The maximum atomic E-state index is 13.5. The van der Waals surface area contributed by atoms with Crippen molar-refractivity contribution in [2.24, 2.45) is 11.5 Å². The lowest BCUT2D eigenvalue weighted by Gasteiger charge is -2.28. The van der Waals surface area contributed by atoms with Gasteiger partial charge in [0.15, 0.2) is 0 Å². The van der Waals surface area contributed by atoms with Crippen LogP contribution in [0.15, 0.2) is 48.5 Å². The molecule has 7 nitrogen and oxygen atoms in total. The number of rotatable bonds is 6. The summed E-state index contributed by atoms with van der Waals surface area (Å²) in [6.07, 6.45) is -0.0334. The van der Waals surface area contributed by atoms with Gasteiger partial charge in [0.25, 0.3) is 5.91 Å². The Morgan fingerprint density at radius 1 is 1.03 bits per heavy atom. The Kier molecular flexibility index (Phi) is 5.88. The molecule has 172 valence electrons. The molecule has 0 unspecified atom stereocenters. The van der Waals surface area contributed by atoms with E-state index in [1.165, 1.54) is 0 Å². The SMILES string of the molecule is N=C(N)c1ccc2cc(C(=O)NC3CCC(F)(F)CC3)n(Cc3ccc(C(N)=O)cc3)c2c1. The van der Waals surface area contributed by atoms with Crippen LogP contribution in [-0.2, 0) is 6.54 Å². The normalized spacial score (nSPS) is 15.9. The summed E-state index contributed by atoms with van der Waals surface area (Å²) >= 11 is 0. The molecule has 0 saturated heterocycles. The van der Waals surface area contributed by atoms with E-state index in [0.717, 1.165) is 10.9 Å². The number of nitrogen functional groups attached to an aromatic ring is 1. The molecule has 0 spiro atoms. The molecule has 1 aliphatic rings. The maximum Gasteiger partial charge on any atom is 0.268 e. The van der Waals surface area contributed by atoms with Crippen LogP contribution in [0.5, 0.6) is 0 Å². The highest BCUT2D eigenvalue weighted by Gasteiger charge is 2.35. The van der Waals surface area contributed by atoms with E-state index in [-0.39, 0.29) is 43.5 Å². The van der Waals surface area contributed by atoms with Crippen LogP contribution >= 0.6 is 0 Å². The number of nitrogens with two attached hydrogens (primary N) is 2. The first kappa shape index (κ1) is 22.4. The van der Waals surface area contributed by atoms with Gasteiger partial charge in [-0.1, -0.05) is 24.3 Å². The van der Waals surface area contributed by atoms with E-state index in [2.05, 4.69) is 5.32 Å². The molecule has 33 heavy (non-hydrogen) atoms. The van der Waals surface area contributed by atoms with E-state index >= 15 is 0 Å². The molecule has 1 aromatic heterocycles. The Labute approximate surface area is 189 Å². The van der Waals surface area contributed by atoms with Crippen molar-refractivity contribution in [3.05, 3.63) is 70.9 Å². The highest BCUT2D eigenvalue weighted by Crippen LogP contribution is 2.33. The first-order valence-electron chi connectivity index (χ1n) is 10.7. The standard InChI is InChI=1S/C24H25F2N5O2/c25-24(26)9-7-18(8-10-24)30-23(33)20-11-16-5-6-17(21(27)28)12-19(16)31(20)13-14-1-3-15(4-2-14)22(29)32/h1-6,11-12,18H,7-10,13H2,(H3,27,28)(H2,29,32)(H,30,33). The van der Waals surface area contributed by atoms with Crippen LogP contribution in [0.1, 0.15) is 57.7 Å². The van der Waals surface area contributed by atoms with Crippen molar-refractivity contribution in [2.45, 2.75) is 44.2 Å². The average Bonchev–Trinajstić information content (AvgIpc) is 3.13. The van der Waals surface area contributed by atoms with E-state index in [4.69, 9.17) is 16.9 Å². The first-order chi connectivity index (χ1) is 15.6. The average molecular weight is 453 g/mol. The quantitative estimate of drug-likeness (QED) is 0.337. The van der Waals surface area contributed by atoms with Gasteiger partial charge in [0.1, 0.15) is 11.5 Å². The molecule has 0 atom stereocenters. The molecule has 9 heteroatoms. The number of alkyl halides is 2. The summed E-state index contributed by atoms with van der Waals surface area (Å²) in [4.78, 5) is 24.5. The number of amides is 2. The highest BCUT2D eigenvalue weighted by atomic mass is 19.3. The minimum Gasteiger partial charge on any atom is -0.384 e. The Morgan fingerprint density at radius 3 is 2.27 bits per heavy atom. The van der Waals surface area contributed by atoms with Gasteiger partial charge >= 0.3 is 0 Å². The lowest BCUT2D eigenvalue weighted by molar-refractivity contribution is -0.0399. The largest absolute Gasteiger partial charge is 0.384 e. The first-order valence-corrected chi connectivity index (χ1v) is 10.7. The second-order valence-corrected chi connectivity index (χ2v) is 8.47. The number of primary amides is 1. The molecule has 0 radical (unpaired) electrons. The molecular formula is C24H25F2N5O2. The Morgan fingerprint density at radius 2 is 1.67 bits per heavy atom. The summed E-state index contributed by atoms with van der Waals surface area (Å²) in [5.41, 5.74) is 13.8. The van der Waals surface area contributed by atoms with Gasteiger partial charge < -0.3 is 21.4 Å². The van der Waals surface area contributed by atoms with Gasteiger partial charge in [0.05, 0.1) is 0 Å². The minimum atomic E-state index is -2.67. The smallest absolute Gasteiger partial charge is 0.268 e. The van der Waals surface area contributed by atoms with Crippen molar-refractivity contribution in [1.82, 2.24) is 9.88 Å². The third kappa shape index (κ3) is 4.87. The Bertz CT molecular complexity index is 1220. The number of aromatic nitrogens is 1. The van der Waals surface area contributed by atoms with E-state index in [9.17, 15) is 18.4 Å². The zero-order valence-electron chi connectivity index (χ0n) is 17.9. The number of nitrogens with one attached hydrogen (secondary N) is 2. The monoisotopic (exact) mass is 453 g/mol. The van der Waals surface area contributed by atoms with E-state index in [0.29, 0.717) is 28.9 Å². The number of carbonyl (C=O) groups is 2. The molecule has 1 heterocycles. The van der Waals surface area contributed by atoms with Crippen LogP contribution in [0.4, 0.5) is 8.78 Å². The zero-order chi connectivity index (χ0) is 23.8. The number of nitrogens with zero attached hydrogens (tertiary/aromatic N) is 1. The van der Waals surface area contributed by atoms with Crippen LogP contribution in [0, 0.1) is 5.41 Å². The van der Waals surface area contributed by atoms with E-state index in [1.54, 1.807) is 53.1 Å². The van der Waals surface area contributed by atoms with Gasteiger partial charge in [-0.3, -0.25) is 15.0 Å². The molecule has 0 aliphatic heterocycles. The van der Waals surface area contributed by atoms with Crippen LogP contribution in [0.2, 0.25) is 0 Å². The Hall–Kier alpha value is -3.75. The van der Waals surface area contributed by atoms with Gasteiger partial charge in [0.2, 0.25) is 11.8 Å². The van der Waals surface area contributed by atoms with Gasteiger partial charge in [-0.25, -0.2) is 8.78 Å². The van der Waals surface area contributed by atoms with Crippen LogP contribution in [-0.4, -0.2) is 34.2 Å². The number of hydrogen-bond donors (Lipinski definition) is 4. The van der Waals surface area contributed by atoms with Crippen LogP contribution < -0.4 is 16.8 Å². The molecule has 3 aromatic rings. The molecule has 4 rings (SSSR count). The minimum absolute atomic E-state index is 0.0930. The third-order valence-corrected chi connectivity index (χ3v) is 6.08. The van der Waals surface area contributed by atoms with E-state index in [1.807, 2.05) is 0 Å². The topological polar surface area (TPSA) is 127 Å². The lowest BCUT2D eigenvalue weighted by atomic mass is 9.92. The summed E-state index contributed by atoms with van der Waals surface area (Å²) in [7, 11) is 0. The maximum absolute atomic E-state index is 13.5. The number of benzene rings is 2. The fourth-order valence-electron chi connectivity index (χ4n) is 4.18. The molecule has 6 N–H and O–H groups in total. The van der Waals surface area contributed by atoms with Crippen molar-refractivity contribution in [1.29, 1.82) is 5.41 Å². The number of amidine groups is 1. The fraction of sp³-hybridized carbons (Fsp3) is 0.292. The van der Waals surface area contributed by atoms with Crippen molar-refractivity contribution in [2.75, 3.05) is 0 Å². The second-order valence-electron chi connectivity index (χ2n) is 8.47. The highest BCUT2D eigenvalue weighted by molar-refractivity contribution is 6.02. The molecule has 1 fully saturated rings. The number of hydrogen-bond acceptors (Lipinski definition) is 3. The molecule has 1 saturated carbocycles. The number of fused-ring (bicyclic) bond motifs is 1. The molecule has 2 aromatic carbocycles. The van der Waals surface area contributed by atoms with Crippen molar-refractivity contribution >= 4 is 28.6 Å². The van der Waals surface area contributed by atoms with Gasteiger partial charge in [-0.05, 0) is 42.7 Å². The van der Waals surface area contributed by atoms with Gasteiger partial charge in [-0.2, -0.15) is 0 Å². The summed E-state index contributed by atoms with van der Waals surface area (Å²) in [6.45, 7) is 0.315. The summed E-state index contributed by atoms with van der Waals surface area (Å²) in [5.74, 6) is -3.64. The summed E-state index contributed by atoms with van der Waals surface area (Å²) in [6, 6.07) is 13.4. The fourth-order valence-corrected chi connectivity index (χ4v) is 4.18. The third-order valence-electron chi connectivity index (χ3n) is 6.08. The number of halogens is 2. The molecule has 0 bridgehead atoms. The number of carbonyl (C=O) groups excluding carboxylic acids is 2. The van der Waals surface area contributed by atoms with E-state index < -0.39 is 11.8 Å². The van der Waals surface area contributed by atoms with Crippen molar-refractivity contribution in [3.63, 3.8) is 0 Å². The lowest BCUT2D eigenvalue weighted by Crippen LogP contribution is -2.40. The molecule has 2 amide bonds. The molecule has 1 aliphatic carbocycles. The van der Waals surface area contributed by atoms with Crippen molar-refractivity contribution in [3.8, 4) is 0 Å². The summed E-state index contributed by atoms with van der Waals surface area (Å²) < 4.78 is 28.8. The van der Waals surface area contributed by atoms with Crippen LogP contribution in [0.25, 0.3) is 10.9 Å². The predicted molar refractivity (Wildman–Crippen MR) is 122 cm³/mol. The second kappa shape index (κ2) is 8.65. The Balaban J connectivity index is 1.68. The van der Waals surface area contributed by atoms with Gasteiger partial charge in [0, 0.05) is 47.5 Å². The molecular weight excluding hydrogens is 428 g/mol. The summed E-state index contributed by atoms with van der Waals surface area (Å²) in [5, 5.41) is 11.4. The van der Waals surface area contributed by atoms with Crippen molar-refractivity contribution < 1.29 is 18.4 Å². The van der Waals surface area contributed by atoms with Gasteiger partial charge in [-0.15, -0.1) is 0 Å². The zero-order valence-corrected chi connectivity index (χ0v) is 17.9.